The fraction of sp³-hybridized carbons (Fsp3) is 1.00. The molecule has 0 spiro atoms. The van der Waals surface area contributed by atoms with Gasteiger partial charge in [-0.3, -0.25) is 0 Å². The molecule has 2 aliphatic rings. The number of hydrogen-bond donors (Lipinski definition) is 1. The Kier molecular flexibility index (Phi) is 4.18. The molecule has 82 valence electrons. The Morgan fingerprint density at radius 1 is 1.36 bits per heavy atom. The van der Waals surface area contributed by atoms with Gasteiger partial charge in [0.1, 0.15) is 0 Å². The van der Waals surface area contributed by atoms with E-state index in [1.165, 1.54) is 43.6 Å². The summed E-state index contributed by atoms with van der Waals surface area (Å²) in [5, 5.41) is 3.71. The molecule has 1 saturated heterocycles. The third kappa shape index (κ3) is 2.66. The van der Waals surface area contributed by atoms with E-state index in [1.54, 1.807) is 0 Å². The summed E-state index contributed by atoms with van der Waals surface area (Å²) in [6.07, 6.45) is 7.40. The van der Waals surface area contributed by atoms with Crippen molar-refractivity contribution in [2.45, 2.75) is 45.1 Å². The Morgan fingerprint density at radius 2 is 2.21 bits per heavy atom. The molecular weight excluding hydrogens is 190 g/mol. The Balaban J connectivity index is 1.78. The SMILES string of the molecule is CCNC(CC1CCC1)C1CCSC1. The lowest BCUT2D eigenvalue weighted by Crippen LogP contribution is -2.39. The molecule has 2 unspecified atom stereocenters. The zero-order valence-electron chi connectivity index (χ0n) is 9.30. The van der Waals surface area contributed by atoms with Gasteiger partial charge in [-0.15, -0.1) is 0 Å². The lowest BCUT2D eigenvalue weighted by Gasteiger charge is -2.32. The minimum absolute atomic E-state index is 0.834. The van der Waals surface area contributed by atoms with Crippen LogP contribution in [-0.2, 0) is 0 Å². The number of thioether (sulfide) groups is 1. The van der Waals surface area contributed by atoms with Gasteiger partial charge in [-0.2, -0.15) is 11.8 Å². The first-order valence-electron chi connectivity index (χ1n) is 6.21. The van der Waals surface area contributed by atoms with E-state index >= 15 is 0 Å². The number of nitrogens with one attached hydrogen (secondary N) is 1. The first kappa shape index (κ1) is 10.8. The van der Waals surface area contributed by atoms with Crippen molar-refractivity contribution in [3.05, 3.63) is 0 Å². The van der Waals surface area contributed by atoms with Crippen molar-refractivity contribution in [2.75, 3.05) is 18.1 Å². The molecule has 1 heterocycles. The van der Waals surface area contributed by atoms with Crippen LogP contribution < -0.4 is 5.32 Å². The van der Waals surface area contributed by atoms with Crippen LogP contribution in [0.4, 0.5) is 0 Å². The predicted octanol–water partition coefficient (Wildman–Crippen LogP) is 2.91. The van der Waals surface area contributed by atoms with Crippen LogP contribution >= 0.6 is 11.8 Å². The molecule has 0 aromatic heterocycles. The molecule has 1 nitrogen and oxygen atoms in total. The average molecular weight is 213 g/mol. The average Bonchev–Trinajstić information content (AvgIpc) is 2.61. The molecule has 2 fully saturated rings. The minimum Gasteiger partial charge on any atom is -0.314 e. The summed E-state index contributed by atoms with van der Waals surface area (Å²) >= 11 is 2.15. The second kappa shape index (κ2) is 5.41. The zero-order valence-corrected chi connectivity index (χ0v) is 10.1. The third-order valence-electron chi connectivity index (χ3n) is 3.81. The van der Waals surface area contributed by atoms with E-state index in [0.29, 0.717) is 0 Å². The van der Waals surface area contributed by atoms with Crippen molar-refractivity contribution >= 4 is 11.8 Å². The van der Waals surface area contributed by atoms with E-state index in [4.69, 9.17) is 0 Å². The highest BCUT2D eigenvalue weighted by Crippen LogP contribution is 2.35. The molecule has 0 radical (unpaired) electrons. The van der Waals surface area contributed by atoms with Crippen molar-refractivity contribution in [3.63, 3.8) is 0 Å². The van der Waals surface area contributed by atoms with Crippen LogP contribution in [0.25, 0.3) is 0 Å². The lowest BCUT2D eigenvalue weighted by atomic mass is 9.78. The molecule has 2 atom stereocenters. The third-order valence-corrected chi connectivity index (χ3v) is 5.00. The van der Waals surface area contributed by atoms with E-state index < -0.39 is 0 Å². The minimum atomic E-state index is 0.834. The molecule has 1 N–H and O–H groups in total. The highest BCUT2D eigenvalue weighted by atomic mass is 32.2. The van der Waals surface area contributed by atoms with Crippen molar-refractivity contribution < 1.29 is 0 Å². The van der Waals surface area contributed by atoms with Crippen LogP contribution in [0.1, 0.15) is 39.0 Å². The van der Waals surface area contributed by atoms with E-state index in [-0.39, 0.29) is 0 Å². The van der Waals surface area contributed by atoms with E-state index in [2.05, 4.69) is 24.0 Å². The van der Waals surface area contributed by atoms with Crippen LogP contribution in [0.15, 0.2) is 0 Å². The smallest absolute Gasteiger partial charge is 0.0106 e. The Hall–Kier alpha value is 0.310. The lowest BCUT2D eigenvalue weighted by molar-refractivity contribution is 0.231. The van der Waals surface area contributed by atoms with Gasteiger partial charge in [0.25, 0.3) is 0 Å². The molecule has 0 aromatic rings. The van der Waals surface area contributed by atoms with Crippen molar-refractivity contribution in [1.82, 2.24) is 5.32 Å². The molecule has 2 rings (SSSR count). The van der Waals surface area contributed by atoms with Crippen molar-refractivity contribution in [3.8, 4) is 0 Å². The summed E-state index contributed by atoms with van der Waals surface area (Å²) < 4.78 is 0. The van der Waals surface area contributed by atoms with Gasteiger partial charge in [0.05, 0.1) is 0 Å². The molecular formula is C12H23NS. The fourth-order valence-corrected chi connectivity index (χ4v) is 4.00. The Bertz CT molecular complexity index is 162. The predicted molar refractivity (Wildman–Crippen MR) is 64.9 cm³/mol. The summed E-state index contributed by atoms with van der Waals surface area (Å²) in [6.45, 7) is 3.40. The van der Waals surface area contributed by atoms with Gasteiger partial charge in [-0.25, -0.2) is 0 Å². The van der Waals surface area contributed by atoms with E-state index in [9.17, 15) is 0 Å². The summed E-state index contributed by atoms with van der Waals surface area (Å²) in [5.74, 6) is 4.84. The first-order valence-corrected chi connectivity index (χ1v) is 7.36. The zero-order chi connectivity index (χ0) is 9.80. The van der Waals surface area contributed by atoms with Gasteiger partial charge in [0.2, 0.25) is 0 Å². The van der Waals surface area contributed by atoms with E-state index in [0.717, 1.165) is 24.4 Å². The van der Waals surface area contributed by atoms with Gasteiger partial charge in [-0.1, -0.05) is 26.2 Å². The van der Waals surface area contributed by atoms with Gasteiger partial charge in [-0.05, 0) is 42.7 Å². The van der Waals surface area contributed by atoms with Crippen molar-refractivity contribution in [1.29, 1.82) is 0 Å². The fourth-order valence-electron chi connectivity index (χ4n) is 2.66. The maximum atomic E-state index is 3.71. The molecule has 1 aliphatic heterocycles. The maximum Gasteiger partial charge on any atom is 0.0106 e. The maximum absolute atomic E-state index is 3.71. The molecule has 1 aliphatic carbocycles. The molecule has 0 amide bonds. The second-order valence-corrected chi connectivity index (χ2v) is 5.97. The Labute approximate surface area is 92.4 Å². The summed E-state index contributed by atoms with van der Waals surface area (Å²) in [6, 6.07) is 0.834. The molecule has 0 aromatic carbocycles. The van der Waals surface area contributed by atoms with Gasteiger partial charge < -0.3 is 5.32 Å². The molecule has 0 bridgehead atoms. The highest BCUT2D eigenvalue weighted by Gasteiger charge is 2.29. The molecule has 14 heavy (non-hydrogen) atoms. The summed E-state index contributed by atoms with van der Waals surface area (Å²) in [7, 11) is 0. The monoisotopic (exact) mass is 213 g/mol. The van der Waals surface area contributed by atoms with E-state index in [1.807, 2.05) is 0 Å². The van der Waals surface area contributed by atoms with Crippen LogP contribution in [0, 0.1) is 11.8 Å². The van der Waals surface area contributed by atoms with Crippen LogP contribution in [0.5, 0.6) is 0 Å². The van der Waals surface area contributed by atoms with Gasteiger partial charge in [0.15, 0.2) is 0 Å². The number of hydrogen-bond acceptors (Lipinski definition) is 2. The molecule has 1 saturated carbocycles. The normalized spacial score (nSPS) is 30.2. The Morgan fingerprint density at radius 3 is 2.71 bits per heavy atom. The van der Waals surface area contributed by atoms with Crippen LogP contribution in [0.3, 0.4) is 0 Å². The summed E-state index contributed by atoms with van der Waals surface area (Å²) in [4.78, 5) is 0. The van der Waals surface area contributed by atoms with Crippen LogP contribution in [-0.4, -0.2) is 24.1 Å². The number of rotatable bonds is 5. The van der Waals surface area contributed by atoms with Gasteiger partial charge >= 0.3 is 0 Å². The summed E-state index contributed by atoms with van der Waals surface area (Å²) in [5.41, 5.74) is 0. The highest BCUT2D eigenvalue weighted by molar-refractivity contribution is 7.99. The first-order chi connectivity index (χ1) is 6.90. The second-order valence-electron chi connectivity index (χ2n) is 4.82. The van der Waals surface area contributed by atoms with Gasteiger partial charge in [0, 0.05) is 6.04 Å². The topological polar surface area (TPSA) is 12.0 Å². The quantitative estimate of drug-likeness (QED) is 0.753. The molecule has 2 heteroatoms. The van der Waals surface area contributed by atoms with Crippen molar-refractivity contribution in [2.24, 2.45) is 11.8 Å². The van der Waals surface area contributed by atoms with Crippen LogP contribution in [0.2, 0.25) is 0 Å². The standard InChI is InChI=1S/C12H23NS/c1-2-13-12(8-10-4-3-5-10)11-6-7-14-9-11/h10-13H,2-9H2,1H3. The largest absolute Gasteiger partial charge is 0.314 e.